The van der Waals surface area contributed by atoms with Crippen LogP contribution in [-0.4, -0.2) is 39.7 Å². The smallest absolute Gasteiger partial charge is 0.305 e. The van der Waals surface area contributed by atoms with E-state index in [2.05, 4.69) is 29.4 Å². The summed E-state index contributed by atoms with van der Waals surface area (Å²) in [6.45, 7) is 6.65. The molecule has 0 bridgehead atoms. The molecule has 1 fully saturated rings. The van der Waals surface area contributed by atoms with Crippen molar-refractivity contribution in [2.45, 2.75) is 32.4 Å². The lowest BCUT2D eigenvalue weighted by atomic mass is 10.1. The van der Waals surface area contributed by atoms with Crippen molar-refractivity contribution < 1.29 is 19.4 Å². The van der Waals surface area contributed by atoms with E-state index >= 15 is 0 Å². The molecule has 1 saturated heterocycles. The third-order valence-corrected chi connectivity index (χ3v) is 4.35. The number of amides is 1. The number of nitrogens with zero attached hydrogens (tertiary/aromatic N) is 2. The van der Waals surface area contributed by atoms with Gasteiger partial charge in [0, 0.05) is 0 Å². The Morgan fingerprint density at radius 2 is 2.04 bits per heavy atom. The number of aliphatic carboxylic acids is 1. The lowest BCUT2D eigenvalue weighted by Crippen LogP contribution is -2.26. The van der Waals surface area contributed by atoms with Crippen molar-refractivity contribution in [2.24, 2.45) is 16.1 Å². The van der Waals surface area contributed by atoms with Gasteiger partial charge in [-0.3, -0.25) is 9.59 Å². The van der Waals surface area contributed by atoms with Gasteiger partial charge in [0.25, 0.3) is 0 Å². The van der Waals surface area contributed by atoms with Crippen LogP contribution in [0.3, 0.4) is 0 Å². The molecule has 25 heavy (non-hydrogen) atoms. The van der Waals surface area contributed by atoms with E-state index in [1.807, 2.05) is 31.2 Å². The number of hydrogen-bond acceptors (Lipinski definition) is 6. The van der Waals surface area contributed by atoms with Crippen molar-refractivity contribution >= 4 is 34.5 Å². The molecule has 0 saturated carbocycles. The van der Waals surface area contributed by atoms with E-state index in [0.29, 0.717) is 23.4 Å². The van der Waals surface area contributed by atoms with Crippen molar-refractivity contribution in [2.75, 3.05) is 6.61 Å². The first-order valence-corrected chi connectivity index (χ1v) is 8.78. The van der Waals surface area contributed by atoms with Crippen molar-refractivity contribution in [1.29, 1.82) is 0 Å². The molecule has 1 aromatic rings. The van der Waals surface area contributed by atoms with Crippen LogP contribution in [0.4, 0.5) is 0 Å². The van der Waals surface area contributed by atoms with E-state index in [-0.39, 0.29) is 12.3 Å². The molecule has 2 N–H and O–H groups in total. The van der Waals surface area contributed by atoms with Gasteiger partial charge in [-0.2, -0.15) is 5.10 Å². The third-order valence-electron chi connectivity index (χ3n) is 3.28. The predicted molar refractivity (Wildman–Crippen MR) is 98.2 cm³/mol. The highest BCUT2D eigenvalue weighted by Crippen LogP contribution is 2.22. The van der Waals surface area contributed by atoms with Gasteiger partial charge >= 0.3 is 5.97 Å². The van der Waals surface area contributed by atoms with Crippen molar-refractivity contribution in [3.8, 4) is 5.75 Å². The molecule has 0 radical (unpaired) electrons. The Kier molecular flexibility index (Phi) is 6.58. The maximum absolute atomic E-state index is 11.6. The number of nitrogens with one attached hydrogen (secondary N) is 1. The van der Waals surface area contributed by atoms with E-state index in [0.717, 1.165) is 23.1 Å². The fraction of sp³-hybridized carbons (Fsp3) is 0.412. The largest absolute Gasteiger partial charge is 0.493 e. The van der Waals surface area contributed by atoms with Crippen molar-refractivity contribution in [3.05, 3.63) is 29.8 Å². The number of carbonyl (C=O) groups is 2. The first-order chi connectivity index (χ1) is 11.8. The Hall–Kier alpha value is -2.35. The van der Waals surface area contributed by atoms with Crippen LogP contribution < -0.4 is 10.1 Å². The summed E-state index contributed by atoms with van der Waals surface area (Å²) in [5, 5.41) is 19.1. The zero-order valence-electron chi connectivity index (χ0n) is 14.4. The summed E-state index contributed by atoms with van der Waals surface area (Å²) in [6, 6.07) is 7.53. The summed E-state index contributed by atoms with van der Waals surface area (Å²) in [6.07, 6.45) is -0.240. The molecule has 1 heterocycles. The Balaban J connectivity index is 1.99. The van der Waals surface area contributed by atoms with Gasteiger partial charge in [0.15, 0.2) is 5.17 Å². The fourth-order valence-corrected chi connectivity index (χ4v) is 2.89. The molecule has 134 valence electrons. The lowest BCUT2D eigenvalue weighted by Gasteiger charge is -2.08. The molecular formula is C17H21N3O4S. The maximum Gasteiger partial charge on any atom is 0.305 e. The molecule has 0 aliphatic carbocycles. The third kappa shape index (κ3) is 5.90. The molecule has 7 nitrogen and oxygen atoms in total. The number of benzene rings is 1. The van der Waals surface area contributed by atoms with E-state index in [4.69, 9.17) is 9.84 Å². The first kappa shape index (κ1) is 19.0. The van der Waals surface area contributed by atoms with Crippen molar-refractivity contribution in [3.63, 3.8) is 0 Å². The van der Waals surface area contributed by atoms with E-state index in [1.54, 1.807) is 0 Å². The Morgan fingerprint density at radius 1 is 1.36 bits per heavy atom. The second-order valence-electron chi connectivity index (χ2n) is 6.01. The number of amidine groups is 1. The number of thioether (sulfide) groups is 1. The zero-order chi connectivity index (χ0) is 18.4. The number of ether oxygens (including phenoxy) is 1. The van der Waals surface area contributed by atoms with E-state index in [9.17, 15) is 9.59 Å². The minimum absolute atomic E-state index is 0.240. The van der Waals surface area contributed by atoms with Crippen LogP contribution in [0.1, 0.15) is 32.8 Å². The summed E-state index contributed by atoms with van der Waals surface area (Å²) in [5.74, 6) is -0.117. The summed E-state index contributed by atoms with van der Waals surface area (Å²) in [4.78, 5) is 22.3. The van der Waals surface area contributed by atoms with Gasteiger partial charge in [0.2, 0.25) is 5.91 Å². The summed E-state index contributed by atoms with van der Waals surface area (Å²) < 4.78 is 5.63. The Labute approximate surface area is 150 Å². The second-order valence-corrected chi connectivity index (χ2v) is 7.20. The lowest BCUT2D eigenvalue weighted by molar-refractivity contribution is -0.138. The fourth-order valence-electron chi connectivity index (χ4n) is 1.98. The standard InChI is InChI=1S/C17H21N3O4S/c1-10(2)9-24-13-6-4-12(5-7-13)11(3)19-20-17-18-16(23)14(25-17)8-15(21)22/h4-7,10,14H,8-9H2,1-3H3,(H,21,22)(H,18,20,23). The molecule has 0 aromatic heterocycles. The van der Waals surface area contributed by atoms with Crippen LogP contribution in [0.2, 0.25) is 0 Å². The zero-order valence-corrected chi connectivity index (χ0v) is 15.2. The van der Waals surface area contributed by atoms with E-state index in [1.165, 1.54) is 0 Å². The van der Waals surface area contributed by atoms with Crippen LogP contribution in [-0.2, 0) is 9.59 Å². The van der Waals surface area contributed by atoms with Gasteiger partial charge < -0.3 is 15.2 Å². The molecule has 1 amide bonds. The monoisotopic (exact) mass is 363 g/mol. The van der Waals surface area contributed by atoms with Gasteiger partial charge in [0.05, 0.1) is 18.7 Å². The maximum atomic E-state index is 11.6. The van der Waals surface area contributed by atoms with Crippen LogP contribution in [0.15, 0.2) is 34.5 Å². The molecule has 1 atom stereocenters. The van der Waals surface area contributed by atoms with Gasteiger partial charge in [-0.1, -0.05) is 25.6 Å². The average molecular weight is 363 g/mol. The van der Waals surface area contributed by atoms with Crippen LogP contribution >= 0.6 is 11.8 Å². The molecule has 2 rings (SSSR count). The van der Waals surface area contributed by atoms with Crippen LogP contribution in [0.5, 0.6) is 5.75 Å². The highest BCUT2D eigenvalue weighted by Gasteiger charge is 2.32. The minimum Gasteiger partial charge on any atom is -0.493 e. The molecule has 0 spiro atoms. The first-order valence-electron chi connectivity index (χ1n) is 7.90. The SMILES string of the molecule is CC(=N/N=C1/NC(=O)C(CC(=O)O)S1)c1ccc(OCC(C)C)cc1. The van der Waals surface area contributed by atoms with Gasteiger partial charge in [0.1, 0.15) is 11.0 Å². The molecule has 1 unspecified atom stereocenters. The number of carboxylic acids is 1. The minimum atomic E-state index is -1.02. The highest BCUT2D eigenvalue weighted by molar-refractivity contribution is 8.15. The number of hydrogen-bond donors (Lipinski definition) is 2. The van der Waals surface area contributed by atoms with Crippen molar-refractivity contribution in [1.82, 2.24) is 5.32 Å². The normalized spacial score (nSPS) is 19.4. The molecule has 1 aromatic carbocycles. The predicted octanol–water partition coefficient (Wildman–Crippen LogP) is 2.51. The molecular weight excluding hydrogens is 342 g/mol. The number of carbonyl (C=O) groups excluding carboxylic acids is 1. The second kappa shape index (κ2) is 8.66. The van der Waals surface area contributed by atoms with Crippen LogP contribution in [0.25, 0.3) is 0 Å². The van der Waals surface area contributed by atoms with Crippen LogP contribution in [0, 0.1) is 5.92 Å². The molecule has 1 aliphatic rings. The summed E-state index contributed by atoms with van der Waals surface area (Å²) in [7, 11) is 0. The molecule has 8 heteroatoms. The van der Waals surface area contributed by atoms with Gasteiger partial charge in [-0.05, 0) is 42.7 Å². The molecule has 1 aliphatic heterocycles. The number of carboxylic acid groups (broad SMARTS) is 1. The Bertz CT molecular complexity index is 698. The van der Waals surface area contributed by atoms with Gasteiger partial charge in [-0.25, -0.2) is 0 Å². The Morgan fingerprint density at radius 3 is 2.64 bits per heavy atom. The highest BCUT2D eigenvalue weighted by atomic mass is 32.2. The summed E-state index contributed by atoms with van der Waals surface area (Å²) >= 11 is 1.08. The average Bonchev–Trinajstić information content (AvgIpc) is 2.90. The topological polar surface area (TPSA) is 100 Å². The number of rotatable bonds is 7. The van der Waals surface area contributed by atoms with E-state index < -0.39 is 11.2 Å². The quantitative estimate of drug-likeness (QED) is 0.573. The summed E-state index contributed by atoms with van der Waals surface area (Å²) in [5.41, 5.74) is 1.57. The van der Waals surface area contributed by atoms with Gasteiger partial charge in [-0.15, -0.1) is 5.10 Å².